The van der Waals surface area contributed by atoms with E-state index in [1.807, 2.05) is 25.8 Å². The highest BCUT2D eigenvalue weighted by atomic mass is 19.3. The highest BCUT2D eigenvalue weighted by molar-refractivity contribution is 5.84. The molecule has 0 aliphatic carbocycles. The molecule has 3 heterocycles. The number of fused-ring (bicyclic) bond motifs is 1. The highest BCUT2D eigenvalue weighted by Crippen LogP contribution is 2.34. The molecule has 2 atom stereocenters. The molecule has 0 saturated heterocycles. The van der Waals surface area contributed by atoms with Crippen LogP contribution in [0.1, 0.15) is 50.1 Å². The third kappa shape index (κ3) is 2.48. The van der Waals surface area contributed by atoms with Crippen molar-refractivity contribution in [2.24, 2.45) is 5.10 Å². The second-order valence-electron chi connectivity index (χ2n) is 5.82. The predicted octanol–water partition coefficient (Wildman–Crippen LogP) is 3.49. The van der Waals surface area contributed by atoms with E-state index in [9.17, 15) is 8.78 Å². The average Bonchev–Trinajstić information content (AvgIpc) is 3.06. The van der Waals surface area contributed by atoms with E-state index in [1.165, 1.54) is 6.07 Å². The van der Waals surface area contributed by atoms with Crippen molar-refractivity contribution < 1.29 is 8.78 Å². The van der Waals surface area contributed by atoms with E-state index in [1.54, 1.807) is 17.8 Å². The summed E-state index contributed by atoms with van der Waals surface area (Å²) >= 11 is 0. The first-order valence-electron chi connectivity index (χ1n) is 7.94. The van der Waals surface area contributed by atoms with Crippen LogP contribution in [0.25, 0.3) is 11.0 Å². The maximum absolute atomic E-state index is 13.6. The number of aromatic nitrogens is 3. The summed E-state index contributed by atoms with van der Waals surface area (Å²) in [7, 11) is 0. The summed E-state index contributed by atoms with van der Waals surface area (Å²) in [6, 6.07) is 1.63. The summed E-state index contributed by atoms with van der Waals surface area (Å²) < 4.78 is 28.9. The highest BCUT2D eigenvalue weighted by Gasteiger charge is 2.30. The van der Waals surface area contributed by atoms with Gasteiger partial charge in [-0.2, -0.15) is 10.2 Å². The van der Waals surface area contributed by atoms with Crippen LogP contribution in [0, 0.1) is 6.92 Å². The number of hydrogen-bond donors (Lipinski definition) is 0. The molecule has 3 rings (SSSR count). The Labute approximate surface area is 134 Å². The summed E-state index contributed by atoms with van der Waals surface area (Å²) in [5.41, 5.74) is 1.78. The van der Waals surface area contributed by atoms with Crippen LogP contribution in [0.15, 0.2) is 11.2 Å². The summed E-state index contributed by atoms with van der Waals surface area (Å²) in [5.74, 6) is -0.0858. The smallest absolute Gasteiger partial charge is 0.264 e. The van der Waals surface area contributed by atoms with Gasteiger partial charge in [-0.3, -0.25) is 5.01 Å². The van der Waals surface area contributed by atoms with Crippen molar-refractivity contribution in [1.29, 1.82) is 0 Å². The Kier molecular flexibility index (Phi) is 4.04. The third-order valence-corrected chi connectivity index (χ3v) is 4.49. The molecule has 1 aliphatic rings. The van der Waals surface area contributed by atoms with Crippen LogP contribution in [0.4, 0.5) is 8.78 Å². The molecule has 0 amide bonds. The molecule has 0 radical (unpaired) electrons. The van der Waals surface area contributed by atoms with Crippen LogP contribution in [-0.4, -0.2) is 38.6 Å². The first-order valence-corrected chi connectivity index (χ1v) is 7.94. The van der Waals surface area contributed by atoms with Gasteiger partial charge in [0.1, 0.15) is 0 Å². The van der Waals surface area contributed by atoms with E-state index in [0.717, 1.165) is 6.54 Å². The zero-order chi connectivity index (χ0) is 16.7. The standard InChI is InChI=1S/C16H21F2N5/c1-5-22-10(4)12(8-19-22)13-7-11(15(17)18)14-9(3)21-23(6-2)16(14)20-13/h7-8,10,12,15H,5-6H2,1-4H3. The van der Waals surface area contributed by atoms with Crippen LogP contribution >= 0.6 is 0 Å². The average molecular weight is 321 g/mol. The number of likely N-dealkylation sites (N-methyl/N-ethyl adjacent to an activating group) is 1. The van der Waals surface area contributed by atoms with Gasteiger partial charge in [0.2, 0.25) is 0 Å². The van der Waals surface area contributed by atoms with Gasteiger partial charge in [0, 0.05) is 24.9 Å². The molecule has 2 aromatic rings. The van der Waals surface area contributed by atoms with E-state index >= 15 is 0 Å². The fourth-order valence-corrected chi connectivity index (χ4v) is 3.24. The van der Waals surface area contributed by atoms with Gasteiger partial charge in [-0.1, -0.05) is 0 Å². The van der Waals surface area contributed by atoms with Crippen LogP contribution in [-0.2, 0) is 6.54 Å². The number of aryl methyl sites for hydroxylation is 2. The van der Waals surface area contributed by atoms with E-state index in [-0.39, 0.29) is 17.5 Å². The zero-order valence-corrected chi connectivity index (χ0v) is 13.8. The van der Waals surface area contributed by atoms with Crippen molar-refractivity contribution in [3.05, 3.63) is 23.0 Å². The van der Waals surface area contributed by atoms with Gasteiger partial charge in [-0.15, -0.1) is 0 Å². The van der Waals surface area contributed by atoms with Gasteiger partial charge < -0.3 is 0 Å². The Morgan fingerprint density at radius 2 is 2.00 bits per heavy atom. The molecule has 0 N–H and O–H groups in total. The molecule has 7 heteroatoms. The molecule has 1 aliphatic heterocycles. The molecule has 0 spiro atoms. The van der Waals surface area contributed by atoms with Crippen LogP contribution < -0.4 is 0 Å². The molecule has 2 unspecified atom stereocenters. The lowest BCUT2D eigenvalue weighted by molar-refractivity contribution is 0.153. The number of nitrogens with zero attached hydrogens (tertiary/aromatic N) is 5. The number of rotatable bonds is 4. The summed E-state index contributed by atoms with van der Waals surface area (Å²) in [6.07, 6.45) is -0.750. The fraction of sp³-hybridized carbons (Fsp3) is 0.562. The lowest BCUT2D eigenvalue weighted by atomic mass is 9.96. The van der Waals surface area contributed by atoms with E-state index in [0.29, 0.717) is 29.0 Å². The zero-order valence-electron chi connectivity index (χ0n) is 13.8. The molecule has 124 valence electrons. The molecule has 5 nitrogen and oxygen atoms in total. The Morgan fingerprint density at radius 1 is 1.26 bits per heavy atom. The normalized spacial score (nSPS) is 21.1. The Morgan fingerprint density at radius 3 is 2.57 bits per heavy atom. The quantitative estimate of drug-likeness (QED) is 0.866. The monoisotopic (exact) mass is 321 g/mol. The van der Waals surface area contributed by atoms with Crippen LogP contribution in [0.2, 0.25) is 0 Å². The minimum Gasteiger partial charge on any atom is -0.294 e. The number of pyridine rings is 1. The molecular weight excluding hydrogens is 300 g/mol. The first-order chi connectivity index (χ1) is 11.0. The molecule has 0 fully saturated rings. The van der Waals surface area contributed by atoms with Crippen molar-refractivity contribution in [2.45, 2.75) is 52.6 Å². The molecule has 0 saturated carbocycles. The molecule has 0 bridgehead atoms. The van der Waals surface area contributed by atoms with Crippen molar-refractivity contribution >= 4 is 17.2 Å². The van der Waals surface area contributed by atoms with Crippen molar-refractivity contribution in [3.63, 3.8) is 0 Å². The van der Waals surface area contributed by atoms with Crippen molar-refractivity contribution in [1.82, 2.24) is 19.8 Å². The molecule has 2 aromatic heterocycles. The van der Waals surface area contributed by atoms with Gasteiger partial charge in [0.15, 0.2) is 5.65 Å². The van der Waals surface area contributed by atoms with Gasteiger partial charge in [0.25, 0.3) is 6.43 Å². The number of hydrazone groups is 1. The Bertz CT molecular complexity index is 752. The summed E-state index contributed by atoms with van der Waals surface area (Å²) in [4.78, 5) is 4.66. The van der Waals surface area contributed by atoms with Crippen LogP contribution in [0.3, 0.4) is 0 Å². The van der Waals surface area contributed by atoms with Gasteiger partial charge in [-0.25, -0.2) is 18.4 Å². The minimum absolute atomic E-state index is 0.0118. The topological polar surface area (TPSA) is 46.3 Å². The second-order valence-corrected chi connectivity index (χ2v) is 5.82. The summed E-state index contributed by atoms with van der Waals surface area (Å²) in [6.45, 7) is 9.12. The van der Waals surface area contributed by atoms with E-state index < -0.39 is 6.43 Å². The number of halogens is 2. The minimum atomic E-state index is -2.55. The number of alkyl halides is 2. The second kappa shape index (κ2) is 5.86. The summed E-state index contributed by atoms with van der Waals surface area (Å²) in [5, 5.41) is 11.1. The van der Waals surface area contributed by atoms with Crippen molar-refractivity contribution in [2.75, 3.05) is 6.54 Å². The Hall–Kier alpha value is -2.05. The maximum Gasteiger partial charge on any atom is 0.264 e. The van der Waals surface area contributed by atoms with E-state index in [4.69, 9.17) is 0 Å². The molecule has 23 heavy (non-hydrogen) atoms. The maximum atomic E-state index is 13.6. The fourth-order valence-electron chi connectivity index (χ4n) is 3.24. The SMILES string of the molecule is CCN1N=CC(c2cc(C(F)F)c3c(C)nn(CC)c3n2)C1C. The van der Waals surface area contributed by atoms with Crippen LogP contribution in [0.5, 0.6) is 0 Å². The van der Waals surface area contributed by atoms with E-state index in [2.05, 4.69) is 15.2 Å². The Balaban J connectivity index is 2.18. The largest absolute Gasteiger partial charge is 0.294 e. The lowest BCUT2D eigenvalue weighted by Gasteiger charge is -2.22. The predicted molar refractivity (Wildman–Crippen MR) is 86.0 cm³/mol. The van der Waals surface area contributed by atoms with Crippen molar-refractivity contribution in [3.8, 4) is 0 Å². The third-order valence-electron chi connectivity index (χ3n) is 4.49. The molecular formula is C16H21F2N5. The first kappa shape index (κ1) is 15.8. The lowest BCUT2D eigenvalue weighted by Crippen LogP contribution is -2.28. The molecule has 0 aromatic carbocycles. The van der Waals surface area contributed by atoms with Gasteiger partial charge in [-0.05, 0) is 33.8 Å². The number of hydrogen-bond acceptors (Lipinski definition) is 4. The van der Waals surface area contributed by atoms with Gasteiger partial charge >= 0.3 is 0 Å². The van der Waals surface area contributed by atoms with Gasteiger partial charge in [0.05, 0.1) is 28.7 Å².